The summed E-state index contributed by atoms with van der Waals surface area (Å²) in [6.07, 6.45) is 0.132. The van der Waals surface area contributed by atoms with Crippen molar-refractivity contribution in [2.45, 2.75) is 72.3 Å². The molecule has 0 bridgehead atoms. The SMILES string of the molecule is CC(C)(C)OC(=O)CN1CCc2cc(OCc3ccc(/C(N)=N/C(=O)OC(C)(C)C)cc3)ccc2C1. The number of benzene rings is 2. The lowest BCUT2D eigenvalue weighted by Crippen LogP contribution is -2.37. The zero-order valence-electron chi connectivity index (χ0n) is 22.1. The Bertz CT molecular complexity index is 1110. The van der Waals surface area contributed by atoms with Gasteiger partial charge in [-0.15, -0.1) is 0 Å². The molecule has 0 saturated carbocycles. The average Bonchev–Trinajstić information content (AvgIpc) is 2.75. The van der Waals surface area contributed by atoms with Crippen LogP contribution in [-0.4, -0.2) is 47.1 Å². The highest BCUT2D eigenvalue weighted by atomic mass is 16.6. The Kier molecular flexibility index (Phi) is 8.40. The van der Waals surface area contributed by atoms with Crippen LogP contribution in [-0.2, 0) is 33.8 Å². The molecular formula is C28H37N3O5. The topological polar surface area (TPSA) is 103 Å². The molecule has 1 aliphatic heterocycles. The molecular weight excluding hydrogens is 458 g/mol. The smallest absolute Gasteiger partial charge is 0.436 e. The molecule has 0 spiro atoms. The summed E-state index contributed by atoms with van der Waals surface area (Å²) < 4.78 is 16.6. The first-order valence-corrected chi connectivity index (χ1v) is 12.1. The van der Waals surface area contributed by atoms with Gasteiger partial charge in [0.25, 0.3) is 0 Å². The minimum Gasteiger partial charge on any atom is -0.489 e. The van der Waals surface area contributed by atoms with Crippen molar-refractivity contribution in [3.63, 3.8) is 0 Å². The predicted octanol–water partition coefficient (Wildman–Crippen LogP) is 4.61. The molecule has 2 aromatic rings. The Morgan fingerprint density at radius 3 is 2.25 bits per heavy atom. The number of carbonyl (C=O) groups excluding carboxylic acids is 2. The number of amidine groups is 1. The van der Waals surface area contributed by atoms with Crippen molar-refractivity contribution in [1.29, 1.82) is 0 Å². The molecule has 2 aromatic carbocycles. The van der Waals surface area contributed by atoms with Crippen molar-refractivity contribution in [3.8, 4) is 5.75 Å². The molecule has 0 aromatic heterocycles. The summed E-state index contributed by atoms with van der Waals surface area (Å²) in [5.41, 5.74) is 8.87. The van der Waals surface area contributed by atoms with E-state index in [1.807, 2.05) is 39.0 Å². The minimum atomic E-state index is -0.715. The van der Waals surface area contributed by atoms with E-state index in [1.54, 1.807) is 32.9 Å². The molecule has 194 valence electrons. The first-order valence-electron chi connectivity index (χ1n) is 12.1. The van der Waals surface area contributed by atoms with Crippen LogP contribution in [0.2, 0.25) is 0 Å². The second kappa shape index (κ2) is 11.1. The number of hydrogen-bond donors (Lipinski definition) is 1. The molecule has 0 unspecified atom stereocenters. The van der Waals surface area contributed by atoms with Crippen molar-refractivity contribution in [3.05, 3.63) is 64.7 Å². The van der Waals surface area contributed by atoms with Crippen LogP contribution in [0.25, 0.3) is 0 Å². The number of amides is 1. The van der Waals surface area contributed by atoms with Crippen LogP contribution in [0.5, 0.6) is 5.75 Å². The summed E-state index contributed by atoms with van der Waals surface area (Å²) in [5.74, 6) is 0.700. The van der Waals surface area contributed by atoms with E-state index in [0.29, 0.717) is 18.7 Å². The van der Waals surface area contributed by atoms with Crippen molar-refractivity contribution >= 4 is 17.9 Å². The number of esters is 1. The van der Waals surface area contributed by atoms with Crippen molar-refractivity contribution in [1.82, 2.24) is 4.90 Å². The monoisotopic (exact) mass is 495 g/mol. The van der Waals surface area contributed by atoms with Crippen molar-refractivity contribution in [2.75, 3.05) is 13.1 Å². The third-order valence-corrected chi connectivity index (χ3v) is 5.30. The highest BCUT2D eigenvalue weighted by molar-refractivity contribution is 6.02. The lowest BCUT2D eigenvalue weighted by atomic mass is 9.99. The second-order valence-corrected chi connectivity index (χ2v) is 10.9. The van der Waals surface area contributed by atoms with Gasteiger partial charge in [-0.05, 0) is 76.8 Å². The first kappa shape index (κ1) is 27.2. The number of carbonyl (C=O) groups is 2. The first-order chi connectivity index (χ1) is 16.8. The van der Waals surface area contributed by atoms with Gasteiger partial charge < -0.3 is 19.9 Å². The maximum Gasteiger partial charge on any atom is 0.436 e. The van der Waals surface area contributed by atoms with Gasteiger partial charge in [-0.25, -0.2) is 4.79 Å². The molecule has 0 aliphatic carbocycles. The minimum absolute atomic E-state index is 0.104. The van der Waals surface area contributed by atoms with E-state index in [4.69, 9.17) is 19.9 Å². The summed E-state index contributed by atoms with van der Waals surface area (Å²) in [5, 5.41) is 0. The van der Waals surface area contributed by atoms with Crippen molar-refractivity contribution < 1.29 is 23.8 Å². The summed E-state index contributed by atoms with van der Waals surface area (Å²) in [4.78, 5) is 29.9. The van der Waals surface area contributed by atoms with Gasteiger partial charge in [-0.3, -0.25) is 9.69 Å². The standard InChI is InChI=1S/C28H37N3O5/c1-27(2,3)35-24(32)17-31-14-13-21-15-23(12-11-22(21)16-31)34-18-19-7-9-20(10-8-19)25(29)30-26(33)36-28(4,5)6/h7-12,15H,13-14,16-18H2,1-6H3,(H2,29,30,33). The summed E-state index contributed by atoms with van der Waals surface area (Å²) in [6.45, 7) is 13.1. The van der Waals surface area contributed by atoms with Gasteiger partial charge in [0, 0.05) is 18.7 Å². The molecule has 0 atom stereocenters. The molecule has 8 nitrogen and oxygen atoms in total. The van der Waals surface area contributed by atoms with Crippen LogP contribution in [0.15, 0.2) is 47.5 Å². The summed E-state index contributed by atoms with van der Waals surface area (Å²) in [6, 6.07) is 13.5. The van der Waals surface area contributed by atoms with Crippen LogP contribution in [0, 0.1) is 0 Å². The molecule has 1 amide bonds. The molecule has 2 N–H and O–H groups in total. The molecule has 8 heteroatoms. The van der Waals surface area contributed by atoms with Gasteiger partial charge >= 0.3 is 12.1 Å². The fraction of sp³-hybridized carbons (Fsp3) is 0.464. The van der Waals surface area contributed by atoms with Gasteiger partial charge in [0.1, 0.15) is 29.4 Å². The fourth-order valence-electron chi connectivity index (χ4n) is 3.75. The normalized spacial score (nSPS) is 14.7. The van der Waals surface area contributed by atoms with Crippen molar-refractivity contribution in [2.24, 2.45) is 10.7 Å². The molecule has 0 saturated heterocycles. The number of rotatable bonds is 6. The summed E-state index contributed by atoms with van der Waals surface area (Å²) in [7, 11) is 0. The third-order valence-electron chi connectivity index (χ3n) is 5.30. The molecule has 1 heterocycles. The Hall–Kier alpha value is -3.39. The van der Waals surface area contributed by atoms with E-state index in [1.165, 1.54) is 11.1 Å². The number of hydrogen-bond acceptors (Lipinski definition) is 6. The van der Waals surface area contributed by atoms with Crippen LogP contribution < -0.4 is 10.5 Å². The van der Waals surface area contributed by atoms with Crippen LogP contribution in [0.4, 0.5) is 4.79 Å². The zero-order chi connectivity index (χ0) is 26.5. The lowest BCUT2D eigenvalue weighted by molar-refractivity contribution is -0.156. The average molecular weight is 496 g/mol. The number of nitrogens with zero attached hydrogens (tertiary/aromatic N) is 2. The number of fused-ring (bicyclic) bond motifs is 1. The highest BCUT2D eigenvalue weighted by Gasteiger charge is 2.22. The van der Waals surface area contributed by atoms with E-state index >= 15 is 0 Å². The Morgan fingerprint density at radius 2 is 1.61 bits per heavy atom. The Morgan fingerprint density at radius 1 is 0.944 bits per heavy atom. The number of ether oxygens (including phenoxy) is 3. The maximum absolute atomic E-state index is 12.2. The maximum atomic E-state index is 12.2. The van der Waals surface area contributed by atoms with Gasteiger partial charge in [-0.1, -0.05) is 30.3 Å². The van der Waals surface area contributed by atoms with Gasteiger partial charge in [0.05, 0.1) is 6.54 Å². The largest absolute Gasteiger partial charge is 0.489 e. The van der Waals surface area contributed by atoms with Crippen LogP contribution >= 0.6 is 0 Å². The zero-order valence-corrected chi connectivity index (χ0v) is 22.1. The molecule has 1 aliphatic rings. The predicted molar refractivity (Wildman–Crippen MR) is 139 cm³/mol. The second-order valence-electron chi connectivity index (χ2n) is 10.9. The van der Waals surface area contributed by atoms with E-state index in [0.717, 1.165) is 24.3 Å². The Balaban J connectivity index is 1.53. The molecule has 3 rings (SSSR count). The number of aliphatic imine (C=N–C) groups is 1. The van der Waals surface area contributed by atoms with E-state index in [2.05, 4.69) is 22.0 Å². The van der Waals surface area contributed by atoms with E-state index in [9.17, 15) is 9.59 Å². The molecule has 36 heavy (non-hydrogen) atoms. The van der Waals surface area contributed by atoms with Gasteiger partial charge in [0.2, 0.25) is 0 Å². The van der Waals surface area contributed by atoms with E-state index in [-0.39, 0.29) is 18.3 Å². The molecule has 0 radical (unpaired) electrons. The fourth-order valence-corrected chi connectivity index (χ4v) is 3.75. The van der Waals surface area contributed by atoms with E-state index < -0.39 is 17.3 Å². The van der Waals surface area contributed by atoms with Gasteiger partial charge in [-0.2, -0.15) is 4.99 Å². The number of nitrogens with two attached hydrogens (primary N) is 1. The van der Waals surface area contributed by atoms with Gasteiger partial charge in [0.15, 0.2) is 0 Å². The highest BCUT2D eigenvalue weighted by Crippen LogP contribution is 2.25. The quantitative estimate of drug-likeness (QED) is 0.355. The van der Waals surface area contributed by atoms with Crippen LogP contribution in [0.1, 0.15) is 63.8 Å². The Labute approximate surface area is 213 Å². The molecule has 0 fully saturated rings. The summed E-state index contributed by atoms with van der Waals surface area (Å²) >= 11 is 0. The third kappa shape index (κ3) is 8.68. The lowest BCUT2D eigenvalue weighted by Gasteiger charge is -2.29. The van der Waals surface area contributed by atoms with Crippen LogP contribution in [0.3, 0.4) is 0 Å².